The summed E-state index contributed by atoms with van der Waals surface area (Å²) in [5, 5.41) is 0.359. The minimum atomic E-state index is -3.23. The van der Waals surface area contributed by atoms with Crippen LogP contribution >= 0.6 is 11.6 Å². The maximum absolute atomic E-state index is 11.3. The maximum atomic E-state index is 11.3. The first-order valence-corrected chi connectivity index (χ1v) is 6.79. The second kappa shape index (κ2) is 3.96. The first-order chi connectivity index (χ1) is 7.48. The van der Waals surface area contributed by atoms with E-state index in [0.717, 1.165) is 6.26 Å². The molecule has 1 aromatic heterocycles. The Kier molecular flexibility index (Phi) is 2.78. The Morgan fingerprint density at radius 3 is 2.50 bits per heavy atom. The van der Waals surface area contributed by atoms with Crippen LogP contribution in [0.1, 0.15) is 0 Å². The quantitative estimate of drug-likeness (QED) is 0.830. The Morgan fingerprint density at radius 1 is 1.25 bits per heavy atom. The largest absolute Gasteiger partial charge is 0.464 e. The monoisotopic (exact) mass is 256 g/mol. The molecule has 0 radical (unpaired) electrons. The molecule has 16 heavy (non-hydrogen) atoms. The van der Waals surface area contributed by atoms with Crippen molar-refractivity contribution in [1.82, 2.24) is 0 Å². The number of sulfone groups is 1. The molecule has 0 fully saturated rings. The van der Waals surface area contributed by atoms with Crippen molar-refractivity contribution < 1.29 is 12.8 Å². The van der Waals surface area contributed by atoms with Crippen molar-refractivity contribution in [1.29, 1.82) is 0 Å². The van der Waals surface area contributed by atoms with E-state index in [-0.39, 0.29) is 4.90 Å². The molecule has 2 rings (SSSR count). The Balaban J connectivity index is 2.54. The fourth-order valence-corrected chi connectivity index (χ4v) is 2.34. The van der Waals surface area contributed by atoms with E-state index in [2.05, 4.69) is 0 Å². The molecule has 0 unspecified atom stereocenters. The number of hydrogen-bond acceptors (Lipinski definition) is 3. The molecular formula is C11H9ClO3S. The predicted molar refractivity (Wildman–Crippen MR) is 62.3 cm³/mol. The summed E-state index contributed by atoms with van der Waals surface area (Å²) in [4.78, 5) is 0.202. The average molecular weight is 257 g/mol. The lowest BCUT2D eigenvalue weighted by Gasteiger charge is -2.03. The molecule has 0 spiro atoms. The summed E-state index contributed by atoms with van der Waals surface area (Å²) >= 11 is 6.00. The van der Waals surface area contributed by atoms with Crippen molar-refractivity contribution in [2.24, 2.45) is 0 Å². The molecule has 0 amide bonds. The topological polar surface area (TPSA) is 47.3 Å². The molecule has 0 saturated carbocycles. The lowest BCUT2D eigenvalue weighted by Crippen LogP contribution is -1.96. The molecule has 0 N–H and O–H groups in total. The molecular weight excluding hydrogens is 248 g/mol. The smallest absolute Gasteiger partial charge is 0.175 e. The Bertz CT molecular complexity index is 600. The van der Waals surface area contributed by atoms with Gasteiger partial charge in [-0.15, -0.1) is 0 Å². The Hall–Kier alpha value is -1.26. The predicted octanol–water partition coefficient (Wildman–Crippen LogP) is 3.00. The third-order valence-corrected chi connectivity index (χ3v) is 3.58. The normalized spacial score (nSPS) is 11.6. The molecule has 84 valence electrons. The summed E-state index contributed by atoms with van der Waals surface area (Å²) in [7, 11) is -3.23. The number of furan rings is 1. The first kappa shape index (κ1) is 11.2. The van der Waals surface area contributed by atoms with Gasteiger partial charge < -0.3 is 4.42 Å². The van der Waals surface area contributed by atoms with Crippen LogP contribution in [0.2, 0.25) is 5.02 Å². The Labute approximate surface area is 98.6 Å². The van der Waals surface area contributed by atoms with Crippen LogP contribution in [-0.4, -0.2) is 14.7 Å². The molecule has 1 aromatic carbocycles. The van der Waals surface area contributed by atoms with Gasteiger partial charge in [-0.05, 0) is 30.3 Å². The molecule has 0 aliphatic carbocycles. The number of hydrogen-bond donors (Lipinski definition) is 0. The van der Waals surface area contributed by atoms with E-state index < -0.39 is 9.84 Å². The van der Waals surface area contributed by atoms with Crippen molar-refractivity contribution in [2.45, 2.75) is 4.90 Å². The SMILES string of the molecule is CS(=O)(=O)c1ccc(-c2ccco2)c(Cl)c1. The van der Waals surface area contributed by atoms with E-state index >= 15 is 0 Å². The van der Waals surface area contributed by atoms with Crippen molar-refractivity contribution in [3.63, 3.8) is 0 Å². The van der Waals surface area contributed by atoms with E-state index in [1.54, 1.807) is 18.2 Å². The molecule has 2 aromatic rings. The van der Waals surface area contributed by atoms with Crippen LogP contribution in [0, 0.1) is 0 Å². The second-order valence-electron chi connectivity index (χ2n) is 3.39. The lowest BCUT2D eigenvalue weighted by atomic mass is 10.2. The van der Waals surface area contributed by atoms with Gasteiger partial charge in [-0.1, -0.05) is 11.6 Å². The third kappa shape index (κ3) is 2.13. The van der Waals surface area contributed by atoms with Crippen LogP contribution in [0.3, 0.4) is 0 Å². The van der Waals surface area contributed by atoms with E-state index in [9.17, 15) is 8.42 Å². The minimum Gasteiger partial charge on any atom is -0.464 e. The van der Waals surface area contributed by atoms with Crippen LogP contribution in [0.25, 0.3) is 11.3 Å². The van der Waals surface area contributed by atoms with Crippen LogP contribution in [0.15, 0.2) is 45.9 Å². The summed E-state index contributed by atoms with van der Waals surface area (Å²) in [6, 6.07) is 8.09. The lowest BCUT2D eigenvalue weighted by molar-refractivity contribution is 0.582. The van der Waals surface area contributed by atoms with E-state index in [0.29, 0.717) is 16.3 Å². The zero-order chi connectivity index (χ0) is 11.8. The summed E-state index contributed by atoms with van der Waals surface area (Å²) in [6.07, 6.45) is 2.68. The maximum Gasteiger partial charge on any atom is 0.175 e. The highest BCUT2D eigenvalue weighted by molar-refractivity contribution is 7.90. The second-order valence-corrected chi connectivity index (χ2v) is 5.81. The Morgan fingerprint density at radius 2 is 2.00 bits per heavy atom. The summed E-state index contributed by atoms with van der Waals surface area (Å²) in [5.74, 6) is 0.616. The number of benzene rings is 1. The van der Waals surface area contributed by atoms with Gasteiger partial charge in [0, 0.05) is 11.8 Å². The number of halogens is 1. The van der Waals surface area contributed by atoms with Gasteiger partial charge in [0.05, 0.1) is 16.2 Å². The van der Waals surface area contributed by atoms with Crippen molar-refractivity contribution in [3.05, 3.63) is 41.6 Å². The third-order valence-electron chi connectivity index (χ3n) is 2.16. The number of rotatable bonds is 2. The van der Waals surface area contributed by atoms with E-state index in [4.69, 9.17) is 16.0 Å². The highest BCUT2D eigenvalue weighted by Crippen LogP contribution is 2.30. The zero-order valence-electron chi connectivity index (χ0n) is 8.48. The summed E-state index contributed by atoms with van der Waals surface area (Å²) < 4.78 is 27.8. The van der Waals surface area contributed by atoms with Gasteiger partial charge >= 0.3 is 0 Å². The van der Waals surface area contributed by atoms with Gasteiger partial charge in [0.2, 0.25) is 0 Å². The van der Waals surface area contributed by atoms with Crippen molar-refractivity contribution >= 4 is 21.4 Å². The standard InChI is InChI=1S/C11H9ClO3S/c1-16(13,14)8-4-5-9(10(12)7-8)11-3-2-6-15-11/h2-7H,1H3. The average Bonchev–Trinajstić information content (AvgIpc) is 2.69. The van der Waals surface area contributed by atoms with Crippen LogP contribution in [-0.2, 0) is 9.84 Å². The van der Waals surface area contributed by atoms with E-state index in [1.165, 1.54) is 18.4 Å². The molecule has 0 bridgehead atoms. The van der Waals surface area contributed by atoms with Gasteiger partial charge in [-0.3, -0.25) is 0 Å². The van der Waals surface area contributed by atoms with Crippen molar-refractivity contribution in [2.75, 3.05) is 6.26 Å². The van der Waals surface area contributed by atoms with Gasteiger partial charge in [0.15, 0.2) is 9.84 Å². The molecule has 5 heteroatoms. The van der Waals surface area contributed by atoms with Gasteiger partial charge in [0.1, 0.15) is 5.76 Å². The highest BCUT2D eigenvalue weighted by atomic mass is 35.5. The molecule has 1 heterocycles. The molecule has 0 aliphatic heterocycles. The van der Waals surface area contributed by atoms with Gasteiger partial charge in [0.25, 0.3) is 0 Å². The zero-order valence-corrected chi connectivity index (χ0v) is 10.0. The summed E-state index contributed by atoms with van der Waals surface area (Å²) in [6.45, 7) is 0. The molecule has 0 aliphatic rings. The highest BCUT2D eigenvalue weighted by Gasteiger charge is 2.12. The minimum absolute atomic E-state index is 0.202. The molecule has 0 saturated heterocycles. The molecule has 0 atom stereocenters. The van der Waals surface area contributed by atoms with Crippen LogP contribution in [0.5, 0.6) is 0 Å². The fraction of sp³-hybridized carbons (Fsp3) is 0.0909. The fourth-order valence-electron chi connectivity index (χ4n) is 1.36. The van der Waals surface area contributed by atoms with Crippen LogP contribution in [0.4, 0.5) is 0 Å². The summed E-state index contributed by atoms with van der Waals surface area (Å²) in [5.41, 5.74) is 0.680. The first-order valence-electron chi connectivity index (χ1n) is 4.52. The van der Waals surface area contributed by atoms with Gasteiger partial charge in [-0.25, -0.2) is 8.42 Å². The van der Waals surface area contributed by atoms with Crippen LogP contribution < -0.4 is 0 Å². The molecule has 3 nitrogen and oxygen atoms in total. The van der Waals surface area contributed by atoms with Gasteiger partial charge in [-0.2, -0.15) is 0 Å². The van der Waals surface area contributed by atoms with Crippen molar-refractivity contribution in [3.8, 4) is 11.3 Å². The van der Waals surface area contributed by atoms with E-state index in [1.807, 2.05) is 0 Å².